The molecule has 0 aromatic carbocycles. The van der Waals surface area contributed by atoms with E-state index in [4.69, 9.17) is 10.00 Å². The second-order valence-electron chi connectivity index (χ2n) is 6.11. The van der Waals surface area contributed by atoms with E-state index in [-0.39, 0.29) is 18.2 Å². The molecular formula is C14H20N2O2. The van der Waals surface area contributed by atoms with Crippen LogP contribution in [0.2, 0.25) is 0 Å². The Morgan fingerprint density at radius 2 is 1.94 bits per heavy atom. The van der Waals surface area contributed by atoms with Gasteiger partial charge in [-0.3, -0.25) is 0 Å². The molecular weight excluding hydrogens is 228 g/mol. The van der Waals surface area contributed by atoms with E-state index < -0.39 is 5.60 Å². The topological polar surface area (TPSA) is 53.3 Å². The fraction of sp³-hybridized carbons (Fsp3) is 0.714. The molecule has 2 unspecified atom stereocenters. The molecule has 0 aromatic heterocycles. The summed E-state index contributed by atoms with van der Waals surface area (Å²) in [5, 5.41) is 8.71. The van der Waals surface area contributed by atoms with Crippen LogP contribution in [0, 0.1) is 11.3 Å². The maximum Gasteiger partial charge on any atom is 0.410 e. The molecule has 0 aliphatic carbocycles. The predicted molar refractivity (Wildman–Crippen MR) is 67.8 cm³/mol. The summed E-state index contributed by atoms with van der Waals surface area (Å²) in [4.78, 5) is 14.0. The number of carbonyl (C=O) groups excluding carboxylic acids is 1. The first kappa shape index (κ1) is 12.9. The molecule has 0 N–H and O–H groups in total. The van der Waals surface area contributed by atoms with Gasteiger partial charge in [0, 0.05) is 18.2 Å². The second kappa shape index (κ2) is 4.64. The number of hydrogen-bond acceptors (Lipinski definition) is 3. The molecule has 4 heteroatoms. The minimum absolute atomic E-state index is 0.203. The Balaban J connectivity index is 2.08. The van der Waals surface area contributed by atoms with Crippen LogP contribution in [0.4, 0.5) is 4.79 Å². The van der Waals surface area contributed by atoms with Crippen molar-refractivity contribution in [3.8, 4) is 6.07 Å². The van der Waals surface area contributed by atoms with Crippen molar-refractivity contribution < 1.29 is 9.53 Å². The number of carbonyl (C=O) groups is 1. The SMILES string of the molecule is CC(C)(C)OC(=O)N1C2CCC1CC(=CC#N)C2. The van der Waals surface area contributed by atoms with E-state index in [0.29, 0.717) is 0 Å². The average Bonchev–Trinajstić information content (AvgIpc) is 2.49. The summed E-state index contributed by atoms with van der Waals surface area (Å²) in [5.41, 5.74) is 0.726. The van der Waals surface area contributed by atoms with E-state index in [2.05, 4.69) is 6.07 Å². The van der Waals surface area contributed by atoms with E-state index in [1.807, 2.05) is 25.7 Å². The van der Waals surface area contributed by atoms with E-state index in [1.54, 1.807) is 6.08 Å². The molecule has 2 bridgehead atoms. The number of ether oxygens (including phenoxy) is 1. The maximum absolute atomic E-state index is 12.2. The lowest BCUT2D eigenvalue weighted by atomic mass is 9.97. The molecule has 1 amide bonds. The number of nitriles is 1. The van der Waals surface area contributed by atoms with Crippen LogP contribution >= 0.6 is 0 Å². The largest absolute Gasteiger partial charge is 0.444 e. The van der Waals surface area contributed by atoms with Gasteiger partial charge in [0.1, 0.15) is 5.60 Å². The summed E-state index contributed by atoms with van der Waals surface area (Å²) in [6.07, 6.45) is 5.12. The summed E-state index contributed by atoms with van der Waals surface area (Å²) in [6, 6.07) is 2.53. The average molecular weight is 248 g/mol. The molecule has 2 atom stereocenters. The minimum atomic E-state index is -0.445. The van der Waals surface area contributed by atoms with Crippen molar-refractivity contribution in [1.29, 1.82) is 5.26 Å². The summed E-state index contributed by atoms with van der Waals surface area (Å²) in [7, 11) is 0. The Morgan fingerprint density at radius 1 is 1.39 bits per heavy atom. The highest BCUT2D eigenvalue weighted by molar-refractivity contribution is 5.70. The Kier molecular flexibility index (Phi) is 3.34. The minimum Gasteiger partial charge on any atom is -0.444 e. The first-order valence-electron chi connectivity index (χ1n) is 6.49. The third kappa shape index (κ3) is 2.66. The first-order valence-corrected chi connectivity index (χ1v) is 6.49. The number of nitrogens with zero attached hydrogens (tertiary/aromatic N) is 2. The van der Waals surface area contributed by atoms with Crippen molar-refractivity contribution in [2.24, 2.45) is 0 Å². The van der Waals surface area contributed by atoms with Crippen LogP contribution in [0.25, 0.3) is 0 Å². The molecule has 0 spiro atoms. The van der Waals surface area contributed by atoms with Crippen molar-refractivity contribution >= 4 is 6.09 Å². The number of fused-ring (bicyclic) bond motifs is 2. The molecule has 18 heavy (non-hydrogen) atoms. The molecule has 98 valence electrons. The van der Waals surface area contributed by atoms with Gasteiger partial charge in [-0.25, -0.2) is 4.79 Å². The van der Waals surface area contributed by atoms with Crippen LogP contribution in [0.5, 0.6) is 0 Å². The van der Waals surface area contributed by atoms with Gasteiger partial charge in [-0.05, 0) is 46.5 Å². The molecule has 2 rings (SSSR count). The molecule has 2 saturated heterocycles. The van der Waals surface area contributed by atoms with Gasteiger partial charge in [0.25, 0.3) is 0 Å². The third-order valence-electron chi connectivity index (χ3n) is 3.49. The monoisotopic (exact) mass is 248 g/mol. The molecule has 0 saturated carbocycles. The smallest absolute Gasteiger partial charge is 0.410 e. The van der Waals surface area contributed by atoms with E-state index >= 15 is 0 Å². The lowest BCUT2D eigenvalue weighted by molar-refractivity contribution is 0.0115. The summed E-state index contributed by atoms with van der Waals surface area (Å²) >= 11 is 0. The first-order chi connectivity index (χ1) is 8.40. The summed E-state index contributed by atoms with van der Waals surface area (Å²) in [5.74, 6) is 0. The van der Waals surface area contributed by atoms with Crippen molar-refractivity contribution in [3.63, 3.8) is 0 Å². The fourth-order valence-corrected chi connectivity index (χ4v) is 2.87. The maximum atomic E-state index is 12.2. The molecule has 2 aliphatic heterocycles. The van der Waals surface area contributed by atoms with Gasteiger partial charge in [0.05, 0.1) is 6.07 Å². The lowest BCUT2D eigenvalue weighted by Crippen LogP contribution is -2.46. The van der Waals surface area contributed by atoms with Crippen LogP contribution in [0.15, 0.2) is 11.6 Å². The Hall–Kier alpha value is -1.50. The zero-order valence-electron chi connectivity index (χ0n) is 11.3. The van der Waals surface area contributed by atoms with Crippen molar-refractivity contribution in [1.82, 2.24) is 4.90 Å². The van der Waals surface area contributed by atoms with Crippen LogP contribution in [-0.4, -0.2) is 28.7 Å². The number of allylic oxidation sites excluding steroid dienone is 1. The van der Waals surface area contributed by atoms with Crippen LogP contribution in [0.3, 0.4) is 0 Å². The van der Waals surface area contributed by atoms with Crippen molar-refractivity contribution in [3.05, 3.63) is 11.6 Å². The van der Waals surface area contributed by atoms with E-state index in [1.165, 1.54) is 5.57 Å². The quantitative estimate of drug-likeness (QED) is 0.619. The number of rotatable bonds is 0. The zero-order valence-corrected chi connectivity index (χ0v) is 11.3. The molecule has 0 aromatic rings. The van der Waals surface area contributed by atoms with Crippen molar-refractivity contribution in [2.45, 2.75) is 64.1 Å². The van der Waals surface area contributed by atoms with Gasteiger partial charge in [-0.1, -0.05) is 5.57 Å². The highest BCUT2D eigenvalue weighted by Gasteiger charge is 2.42. The number of piperidine rings is 1. The van der Waals surface area contributed by atoms with Gasteiger partial charge in [-0.2, -0.15) is 5.26 Å². The van der Waals surface area contributed by atoms with Gasteiger partial charge in [0.15, 0.2) is 0 Å². The van der Waals surface area contributed by atoms with Crippen LogP contribution in [-0.2, 0) is 4.74 Å². The molecule has 2 fully saturated rings. The van der Waals surface area contributed by atoms with E-state index in [9.17, 15) is 4.79 Å². The van der Waals surface area contributed by atoms with E-state index in [0.717, 1.165) is 25.7 Å². The normalized spacial score (nSPS) is 26.8. The van der Waals surface area contributed by atoms with Gasteiger partial charge < -0.3 is 9.64 Å². The standard InChI is InChI=1S/C14H20N2O2/c1-14(2,3)18-13(17)16-11-4-5-12(16)9-10(8-11)6-7-15/h6,11-12H,4-5,8-9H2,1-3H3. The predicted octanol–water partition coefficient (Wildman–Crippen LogP) is 3.00. The Morgan fingerprint density at radius 3 is 2.39 bits per heavy atom. The fourth-order valence-electron chi connectivity index (χ4n) is 2.87. The van der Waals surface area contributed by atoms with Crippen LogP contribution in [0.1, 0.15) is 46.5 Å². The summed E-state index contributed by atoms with van der Waals surface area (Å²) < 4.78 is 5.46. The third-order valence-corrected chi connectivity index (χ3v) is 3.49. The van der Waals surface area contributed by atoms with Crippen molar-refractivity contribution in [2.75, 3.05) is 0 Å². The lowest BCUT2D eigenvalue weighted by Gasteiger charge is -2.36. The molecule has 2 heterocycles. The zero-order chi connectivity index (χ0) is 13.3. The molecule has 2 aliphatic rings. The Labute approximate surface area is 108 Å². The summed E-state index contributed by atoms with van der Waals surface area (Å²) in [6.45, 7) is 5.66. The van der Waals surface area contributed by atoms with Gasteiger partial charge in [-0.15, -0.1) is 0 Å². The number of amides is 1. The number of hydrogen-bond donors (Lipinski definition) is 0. The highest BCUT2D eigenvalue weighted by atomic mass is 16.6. The molecule has 0 radical (unpaired) electrons. The van der Waals surface area contributed by atoms with Crippen LogP contribution < -0.4 is 0 Å². The van der Waals surface area contributed by atoms with Gasteiger partial charge >= 0.3 is 6.09 Å². The molecule has 4 nitrogen and oxygen atoms in total. The second-order valence-corrected chi connectivity index (χ2v) is 6.11. The van der Waals surface area contributed by atoms with Gasteiger partial charge in [0.2, 0.25) is 0 Å². The Bertz CT molecular complexity index is 398. The highest BCUT2D eigenvalue weighted by Crippen LogP contribution is 2.39.